The molecule has 6 fully saturated rings. The molecule has 0 unspecified atom stereocenters. The third kappa shape index (κ3) is 10.1. The predicted octanol–water partition coefficient (Wildman–Crippen LogP) is 13.4. The molecule has 302 valence electrons. The van der Waals surface area contributed by atoms with E-state index in [2.05, 4.69) is 0 Å². The molecule has 0 radical (unpaired) electrons. The summed E-state index contributed by atoms with van der Waals surface area (Å²) < 4.78 is 30.8. The van der Waals surface area contributed by atoms with Gasteiger partial charge in [-0.15, -0.1) is 0 Å². The van der Waals surface area contributed by atoms with Gasteiger partial charge in [0.05, 0.1) is 0 Å². The van der Waals surface area contributed by atoms with Gasteiger partial charge in [0.25, 0.3) is 0 Å². The van der Waals surface area contributed by atoms with Crippen LogP contribution in [0.3, 0.4) is 0 Å². The summed E-state index contributed by atoms with van der Waals surface area (Å²) in [5, 5.41) is 0. The number of carbonyl (C=O) groups excluding carboxylic acids is 2. The zero-order valence-corrected chi connectivity index (χ0v) is 39.6. The van der Waals surface area contributed by atoms with E-state index in [-0.39, 0.29) is 25.2 Å². The number of ether oxygens (including phenoxy) is 2. The fourth-order valence-corrected chi connectivity index (χ4v) is 52.5. The second-order valence-corrected chi connectivity index (χ2v) is 43.6. The predicted molar refractivity (Wildman–Crippen MR) is 222 cm³/mol. The Morgan fingerprint density at radius 2 is 0.648 bits per heavy atom. The second-order valence-electron chi connectivity index (χ2n) is 18.7. The molecule has 54 heavy (non-hydrogen) atoms. The van der Waals surface area contributed by atoms with Crippen molar-refractivity contribution in [2.75, 3.05) is 13.2 Å². The molecule has 0 amide bonds. The minimum absolute atomic E-state index is 0.0442. The molecule has 0 heterocycles. The van der Waals surface area contributed by atoms with Crippen LogP contribution in [0, 0.1) is 0 Å². The third-order valence-electron chi connectivity index (χ3n) is 15.6. The van der Waals surface area contributed by atoms with Crippen molar-refractivity contribution >= 4 is 49.5 Å². The van der Waals surface area contributed by atoms with Crippen LogP contribution < -0.4 is 9.47 Å². The molecule has 6 aliphatic rings. The van der Waals surface area contributed by atoms with Gasteiger partial charge >= 0.3 is 340 Å². The monoisotopic (exact) mass is 962 g/mol. The van der Waals surface area contributed by atoms with Gasteiger partial charge in [-0.1, -0.05) is 0 Å². The fourth-order valence-electron chi connectivity index (χ4n) is 13.2. The normalized spacial score (nSPS) is 24.1. The molecule has 7 rings (SSSR count). The summed E-state index contributed by atoms with van der Waals surface area (Å²) in [7, 11) is 0. The average Bonchev–Trinajstić information content (AvgIpc) is 3.25. The van der Waals surface area contributed by atoms with Crippen LogP contribution in [0.15, 0.2) is 24.3 Å². The van der Waals surface area contributed by atoms with Crippen LogP contribution in [0.25, 0.3) is 0 Å². The van der Waals surface area contributed by atoms with Crippen LogP contribution >= 0.6 is 0 Å². The van der Waals surface area contributed by atoms with Crippen molar-refractivity contribution in [1.29, 1.82) is 0 Å². The first-order chi connectivity index (χ1) is 26.6. The van der Waals surface area contributed by atoms with E-state index >= 15 is 0 Å². The zero-order chi connectivity index (χ0) is 37.1. The maximum atomic E-state index is 14.0. The standard InChI is InChI=1S/C10H10O6.6C6H11.2Sn/c11-9(12)5-15-7-2-1-3-8(4-7)16-6-10(13)14;6*1-2-4-6-5-3-1;;/h1-4H,5-6H2,(H,11,12)(H,13,14);6*1H,2-6H2;;/q;;;;;;;2*+1/p-2. The maximum absolute atomic E-state index is 14.0. The van der Waals surface area contributed by atoms with Crippen LogP contribution in [0.2, 0.25) is 23.6 Å². The molecule has 8 heteroatoms. The van der Waals surface area contributed by atoms with Crippen LogP contribution in [0.5, 0.6) is 11.5 Å². The summed E-state index contributed by atoms with van der Waals surface area (Å²) in [6, 6.07) is 7.55. The summed E-state index contributed by atoms with van der Waals surface area (Å²) in [6.07, 6.45) is 39.1. The molecule has 6 aliphatic carbocycles. The van der Waals surface area contributed by atoms with Gasteiger partial charge in [0.15, 0.2) is 0 Å². The molecule has 0 atom stereocenters. The van der Waals surface area contributed by atoms with Gasteiger partial charge in [-0.2, -0.15) is 0 Å². The summed E-state index contributed by atoms with van der Waals surface area (Å²) >= 11 is -6.87. The van der Waals surface area contributed by atoms with Gasteiger partial charge < -0.3 is 0 Å². The summed E-state index contributed by atoms with van der Waals surface area (Å²) in [5.41, 5.74) is 0. The molecule has 6 saturated carbocycles. The molecule has 0 aliphatic heterocycles. The van der Waals surface area contributed by atoms with Crippen molar-refractivity contribution in [3.8, 4) is 11.5 Å². The fraction of sp³-hybridized carbons (Fsp3) is 0.826. The molecule has 0 N–H and O–H groups in total. The molecular formula is C46H74O6Sn2. The van der Waals surface area contributed by atoms with Crippen LogP contribution in [-0.2, 0) is 15.7 Å². The summed E-state index contributed by atoms with van der Waals surface area (Å²) in [6.45, 7) is -0.0883. The van der Waals surface area contributed by atoms with Gasteiger partial charge in [-0.25, -0.2) is 0 Å². The van der Waals surface area contributed by atoms with E-state index in [4.69, 9.17) is 15.6 Å². The van der Waals surface area contributed by atoms with Gasteiger partial charge in [0.1, 0.15) is 0 Å². The number of carbonyl (C=O) groups is 2. The Balaban J connectivity index is 1.01. The van der Waals surface area contributed by atoms with E-state index in [1.807, 2.05) is 24.3 Å². The van der Waals surface area contributed by atoms with Crippen molar-refractivity contribution in [2.24, 2.45) is 0 Å². The number of rotatable bonds is 14. The first-order valence-electron chi connectivity index (χ1n) is 23.4. The van der Waals surface area contributed by atoms with Crippen molar-refractivity contribution in [1.82, 2.24) is 0 Å². The summed E-state index contributed by atoms with van der Waals surface area (Å²) in [5.74, 6) is 0.956. The van der Waals surface area contributed by atoms with Crippen molar-refractivity contribution in [2.45, 2.75) is 216 Å². The second kappa shape index (κ2) is 20.9. The van der Waals surface area contributed by atoms with E-state index in [1.54, 1.807) is 0 Å². The van der Waals surface area contributed by atoms with E-state index in [1.165, 1.54) is 193 Å². The Bertz CT molecular complexity index is 1110. The van der Waals surface area contributed by atoms with Crippen LogP contribution in [-0.4, -0.2) is 62.7 Å². The Kier molecular flexibility index (Phi) is 16.0. The van der Waals surface area contributed by atoms with Gasteiger partial charge in [0, 0.05) is 0 Å². The first-order valence-corrected chi connectivity index (χ1v) is 35.6. The van der Waals surface area contributed by atoms with E-state index < -0.39 is 37.6 Å². The molecule has 0 saturated heterocycles. The first kappa shape index (κ1) is 41.5. The molecule has 6 nitrogen and oxygen atoms in total. The molecule has 1 aromatic carbocycles. The quantitative estimate of drug-likeness (QED) is 0.173. The Morgan fingerprint density at radius 1 is 0.407 bits per heavy atom. The number of hydrogen-bond donors (Lipinski definition) is 0. The number of hydrogen-bond acceptors (Lipinski definition) is 6. The zero-order valence-electron chi connectivity index (χ0n) is 33.9. The third-order valence-corrected chi connectivity index (χ3v) is 50.6. The van der Waals surface area contributed by atoms with Crippen molar-refractivity contribution < 1.29 is 25.2 Å². The van der Waals surface area contributed by atoms with Crippen LogP contribution in [0.4, 0.5) is 0 Å². The molecule has 1 aromatic rings. The van der Waals surface area contributed by atoms with Gasteiger partial charge in [-0.3, -0.25) is 0 Å². The Morgan fingerprint density at radius 3 is 0.889 bits per heavy atom. The van der Waals surface area contributed by atoms with Crippen molar-refractivity contribution in [3.63, 3.8) is 0 Å². The Hall–Kier alpha value is -0.643. The van der Waals surface area contributed by atoms with E-state index in [0.717, 1.165) is 0 Å². The van der Waals surface area contributed by atoms with E-state index in [0.29, 0.717) is 35.1 Å². The topological polar surface area (TPSA) is 71.1 Å². The Labute approximate surface area is 337 Å². The molecule has 0 spiro atoms. The molecule has 0 aromatic heterocycles. The molecular weight excluding hydrogens is 886 g/mol. The summed E-state index contributed by atoms with van der Waals surface area (Å²) in [4.78, 5) is 28.0. The van der Waals surface area contributed by atoms with Crippen LogP contribution in [0.1, 0.15) is 193 Å². The SMILES string of the molecule is O=C(COc1cccc(OCC(=O)[O][Sn]([CH]2CCCCC2)([CH]2CCCCC2)[CH]2CCCCC2)c1)[O][Sn]([CH]1CCCCC1)([CH]1CCCCC1)[CH]1CCCCC1. The van der Waals surface area contributed by atoms with E-state index in [9.17, 15) is 9.59 Å². The minimum atomic E-state index is -3.44. The van der Waals surface area contributed by atoms with Crippen molar-refractivity contribution in [3.05, 3.63) is 24.3 Å². The average molecular weight is 961 g/mol. The van der Waals surface area contributed by atoms with Gasteiger partial charge in [-0.05, 0) is 0 Å². The number of benzene rings is 1. The molecule has 0 bridgehead atoms. The van der Waals surface area contributed by atoms with Gasteiger partial charge in [0.2, 0.25) is 0 Å².